The maximum Gasteiger partial charge on any atom is 0.293 e. The van der Waals surface area contributed by atoms with Crippen molar-refractivity contribution in [1.82, 2.24) is 9.88 Å². The second-order valence-electron chi connectivity index (χ2n) is 7.73. The minimum Gasteiger partial charge on any atom is -0.459 e. The smallest absolute Gasteiger partial charge is 0.293 e. The summed E-state index contributed by atoms with van der Waals surface area (Å²) in [5.41, 5.74) is 0.714. The molecule has 0 bridgehead atoms. The van der Waals surface area contributed by atoms with Gasteiger partial charge in [0.15, 0.2) is 10.9 Å². The van der Waals surface area contributed by atoms with Gasteiger partial charge in [-0.2, -0.15) is 0 Å². The number of thiazole rings is 1. The molecule has 2 aliphatic rings. The highest BCUT2D eigenvalue weighted by Gasteiger charge is 2.37. The Balaban J connectivity index is 1.37. The first-order valence-corrected chi connectivity index (χ1v) is 10.6. The first-order chi connectivity index (χ1) is 13.1. The van der Waals surface area contributed by atoms with Gasteiger partial charge < -0.3 is 9.32 Å². The lowest BCUT2D eigenvalue weighted by Gasteiger charge is -2.45. The number of aromatic nitrogens is 1. The van der Waals surface area contributed by atoms with Crippen molar-refractivity contribution in [1.29, 1.82) is 0 Å². The normalized spacial score (nSPS) is 25.1. The lowest BCUT2D eigenvalue weighted by atomic mass is 9.74. The highest BCUT2D eigenvalue weighted by molar-refractivity contribution is 7.14. The van der Waals surface area contributed by atoms with E-state index in [1.807, 2.05) is 5.38 Å². The lowest BCUT2D eigenvalue weighted by Crippen LogP contribution is -2.51. The van der Waals surface area contributed by atoms with Gasteiger partial charge in [0, 0.05) is 18.0 Å². The maximum absolute atomic E-state index is 12.9. The average Bonchev–Trinajstić information content (AvgIpc) is 3.33. The van der Waals surface area contributed by atoms with Crippen molar-refractivity contribution in [3.8, 4) is 0 Å². The van der Waals surface area contributed by atoms with Gasteiger partial charge >= 0.3 is 0 Å². The zero-order valence-corrected chi connectivity index (χ0v) is 16.3. The van der Waals surface area contributed by atoms with Crippen LogP contribution in [0, 0.1) is 11.8 Å². The third-order valence-corrected chi connectivity index (χ3v) is 6.56. The Labute approximate surface area is 163 Å². The Hall–Kier alpha value is -2.15. The predicted molar refractivity (Wildman–Crippen MR) is 104 cm³/mol. The van der Waals surface area contributed by atoms with Gasteiger partial charge in [-0.3, -0.25) is 14.9 Å². The van der Waals surface area contributed by atoms with Crippen LogP contribution in [0.5, 0.6) is 0 Å². The second-order valence-corrected chi connectivity index (χ2v) is 8.59. The van der Waals surface area contributed by atoms with Gasteiger partial charge in [0.05, 0.1) is 18.4 Å². The van der Waals surface area contributed by atoms with Crippen LogP contribution in [0.1, 0.15) is 55.3 Å². The van der Waals surface area contributed by atoms with E-state index >= 15 is 0 Å². The quantitative estimate of drug-likeness (QED) is 0.862. The molecule has 27 heavy (non-hydrogen) atoms. The molecular formula is C20H25N3O3S. The molecule has 2 fully saturated rings. The largest absolute Gasteiger partial charge is 0.459 e. The Morgan fingerprint density at radius 1 is 1.37 bits per heavy atom. The van der Waals surface area contributed by atoms with Gasteiger partial charge in [-0.05, 0) is 56.1 Å². The summed E-state index contributed by atoms with van der Waals surface area (Å²) < 4.78 is 5.08. The number of piperidine rings is 1. The number of likely N-dealkylation sites (tertiary alicyclic amines) is 1. The molecule has 2 amide bonds. The number of nitrogens with one attached hydrogen (secondary N) is 1. The lowest BCUT2D eigenvalue weighted by molar-refractivity contribution is -0.137. The van der Waals surface area contributed by atoms with Crippen molar-refractivity contribution >= 4 is 28.3 Å². The van der Waals surface area contributed by atoms with Crippen molar-refractivity contribution in [2.45, 2.75) is 51.5 Å². The SMILES string of the molecule is CC1CCC2C(CCCN2C(=O)Cc2csc(NC(=O)c3ccco3)n2)C1. The number of hydrogen-bond donors (Lipinski definition) is 1. The summed E-state index contributed by atoms with van der Waals surface area (Å²) in [6, 6.07) is 3.67. The molecule has 6 nitrogen and oxygen atoms in total. The first-order valence-electron chi connectivity index (χ1n) is 9.69. The molecule has 1 aliphatic carbocycles. The highest BCUT2D eigenvalue weighted by Crippen LogP contribution is 2.38. The van der Waals surface area contributed by atoms with E-state index in [2.05, 4.69) is 22.1 Å². The molecule has 1 saturated carbocycles. The molecule has 4 rings (SSSR count). The number of nitrogens with zero attached hydrogens (tertiary/aromatic N) is 2. The Bertz CT molecular complexity index is 801. The fourth-order valence-corrected chi connectivity index (χ4v) is 5.18. The molecular weight excluding hydrogens is 362 g/mol. The van der Waals surface area contributed by atoms with Gasteiger partial charge in [0.2, 0.25) is 5.91 Å². The van der Waals surface area contributed by atoms with Crippen molar-refractivity contribution in [3.63, 3.8) is 0 Å². The number of carbonyl (C=O) groups is 2. The van der Waals surface area contributed by atoms with E-state index in [9.17, 15) is 9.59 Å². The second kappa shape index (κ2) is 7.84. The third-order valence-electron chi connectivity index (χ3n) is 5.75. The van der Waals surface area contributed by atoms with E-state index in [4.69, 9.17) is 4.42 Å². The van der Waals surface area contributed by atoms with Crippen molar-refractivity contribution < 1.29 is 14.0 Å². The van der Waals surface area contributed by atoms with Crippen LogP contribution in [0.3, 0.4) is 0 Å². The Kier molecular flexibility index (Phi) is 5.29. The van der Waals surface area contributed by atoms with Crippen molar-refractivity contribution in [2.24, 2.45) is 11.8 Å². The van der Waals surface area contributed by atoms with E-state index in [1.165, 1.54) is 36.9 Å². The molecule has 3 unspecified atom stereocenters. The maximum atomic E-state index is 12.9. The minimum atomic E-state index is -0.331. The number of amides is 2. The molecule has 0 aromatic carbocycles. The van der Waals surface area contributed by atoms with Crippen LogP contribution >= 0.6 is 11.3 Å². The molecule has 1 N–H and O–H groups in total. The average molecular weight is 388 g/mol. The van der Waals surface area contributed by atoms with Crippen LogP contribution < -0.4 is 5.32 Å². The van der Waals surface area contributed by atoms with Gasteiger partial charge in [-0.25, -0.2) is 4.98 Å². The zero-order valence-electron chi connectivity index (χ0n) is 15.5. The fraction of sp³-hybridized carbons (Fsp3) is 0.550. The topological polar surface area (TPSA) is 75.4 Å². The summed E-state index contributed by atoms with van der Waals surface area (Å²) in [5.74, 6) is 1.51. The first kappa shape index (κ1) is 18.2. The van der Waals surface area contributed by atoms with E-state index in [0.717, 1.165) is 25.3 Å². The number of rotatable bonds is 4. The Morgan fingerprint density at radius 3 is 3.07 bits per heavy atom. The van der Waals surface area contributed by atoms with Gasteiger partial charge in [0.25, 0.3) is 5.91 Å². The molecule has 3 atom stereocenters. The van der Waals surface area contributed by atoms with Crippen LogP contribution in [0.4, 0.5) is 5.13 Å². The number of anilines is 1. The predicted octanol–water partition coefficient (Wildman–Crippen LogP) is 3.96. The van der Waals surface area contributed by atoms with Crippen LogP contribution in [-0.2, 0) is 11.2 Å². The summed E-state index contributed by atoms with van der Waals surface area (Å²) >= 11 is 1.33. The zero-order chi connectivity index (χ0) is 18.8. The molecule has 0 spiro atoms. The van der Waals surface area contributed by atoms with Crippen LogP contribution in [0.25, 0.3) is 0 Å². The van der Waals surface area contributed by atoms with Crippen molar-refractivity contribution in [3.05, 3.63) is 35.2 Å². The van der Waals surface area contributed by atoms with E-state index < -0.39 is 0 Å². The number of carbonyl (C=O) groups excluding carboxylic acids is 2. The molecule has 1 aliphatic heterocycles. The van der Waals surface area contributed by atoms with Gasteiger partial charge in [0.1, 0.15) is 0 Å². The Morgan fingerprint density at radius 2 is 2.26 bits per heavy atom. The van der Waals surface area contributed by atoms with Gasteiger partial charge in [-0.15, -0.1) is 11.3 Å². The van der Waals surface area contributed by atoms with Crippen LogP contribution in [-0.4, -0.2) is 34.3 Å². The standard InChI is InChI=1S/C20H25N3O3S/c1-13-6-7-16-14(10-13)4-2-8-23(16)18(24)11-15-12-27-20(21-15)22-19(25)17-5-3-9-26-17/h3,5,9,12-14,16H,2,4,6-8,10-11H2,1H3,(H,21,22,25). The molecule has 2 aromatic rings. The van der Waals surface area contributed by atoms with Gasteiger partial charge in [-0.1, -0.05) is 6.92 Å². The monoisotopic (exact) mass is 387 g/mol. The van der Waals surface area contributed by atoms with Crippen LogP contribution in [0.2, 0.25) is 0 Å². The number of hydrogen-bond acceptors (Lipinski definition) is 5. The summed E-state index contributed by atoms with van der Waals surface area (Å²) in [6.07, 6.45) is 7.68. The molecule has 2 aromatic heterocycles. The van der Waals surface area contributed by atoms with E-state index in [1.54, 1.807) is 12.1 Å². The molecule has 144 valence electrons. The number of furan rings is 1. The summed E-state index contributed by atoms with van der Waals surface area (Å²) in [4.78, 5) is 31.4. The third kappa shape index (κ3) is 4.08. The fourth-order valence-electron chi connectivity index (χ4n) is 4.47. The summed E-state index contributed by atoms with van der Waals surface area (Å²) in [5, 5.41) is 5.05. The summed E-state index contributed by atoms with van der Waals surface area (Å²) in [6.45, 7) is 3.19. The number of fused-ring (bicyclic) bond motifs is 1. The van der Waals surface area contributed by atoms with E-state index in [0.29, 0.717) is 29.2 Å². The van der Waals surface area contributed by atoms with Crippen LogP contribution in [0.15, 0.2) is 28.2 Å². The van der Waals surface area contributed by atoms with Crippen molar-refractivity contribution in [2.75, 3.05) is 11.9 Å². The summed E-state index contributed by atoms with van der Waals surface area (Å²) in [7, 11) is 0. The molecule has 3 heterocycles. The molecule has 0 radical (unpaired) electrons. The minimum absolute atomic E-state index is 0.161. The molecule has 7 heteroatoms. The van der Waals surface area contributed by atoms with E-state index in [-0.39, 0.29) is 17.6 Å². The highest BCUT2D eigenvalue weighted by atomic mass is 32.1. The molecule has 1 saturated heterocycles.